The van der Waals surface area contributed by atoms with Crippen LogP contribution in [0, 0.1) is 6.92 Å². The molecule has 144 valence electrons. The Morgan fingerprint density at radius 3 is 2.52 bits per heavy atom. The highest BCUT2D eigenvalue weighted by atomic mass is 16.5. The smallest absolute Gasteiger partial charge is 0.339 e. The highest BCUT2D eigenvalue weighted by Gasteiger charge is 2.17. The minimum absolute atomic E-state index is 0.326. The predicted molar refractivity (Wildman–Crippen MR) is 110 cm³/mol. The highest BCUT2D eigenvalue weighted by molar-refractivity contribution is 6.05. The van der Waals surface area contributed by atoms with Gasteiger partial charge >= 0.3 is 5.97 Å². The molecule has 4 aromatic rings. The topological polar surface area (TPSA) is 81.4 Å². The SMILES string of the molecule is Cc1ccc(-c2cc(C(=O)OCC(=O)Nc3ccccc3)c3ccccc3n2)o1. The first-order valence-corrected chi connectivity index (χ1v) is 9.09. The number of amides is 1. The Balaban J connectivity index is 1.57. The average molecular weight is 386 g/mol. The number of esters is 1. The fourth-order valence-electron chi connectivity index (χ4n) is 2.97. The van der Waals surface area contributed by atoms with Gasteiger partial charge in [-0.05, 0) is 43.3 Å². The van der Waals surface area contributed by atoms with Gasteiger partial charge in [-0.1, -0.05) is 36.4 Å². The Morgan fingerprint density at radius 2 is 1.76 bits per heavy atom. The van der Waals surface area contributed by atoms with E-state index in [2.05, 4.69) is 10.3 Å². The average Bonchev–Trinajstić information content (AvgIpc) is 3.18. The van der Waals surface area contributed by atoms with Crippen molar-refractivity contribution in [2.24, 2.45) is 0 Å². The molecule has 2 aromatic carbocycles. The number of nitrogens with one attached hydrogen (secondary N) is 1. The molecule has 1 N–H and O–H groups in total. The van der Waals surface area contributed by atoms with Crippen molar-refractivity contribution >= 4 is 28.5 Å². The number of furan rings is 1. The second-order valence-corrected chi connectivity index (χ2v) is 6.47. The van der Waals surface area contributed by atoms with Crippen molar-refractivity contribution in [1.82, 2.24) is 4.98 Å². The third-order valence-electron chi connectivity index (χ3n) is 4.32. The molecular formula is C23H18N2O4. The summed E-state index contributed by atoms with van der Waals surface area (Å²) in [5.74, 6) is 0.293. The number of aryl methyl sites for hydroxylation is 1. The number of para-hydroxylation sites is 2. The maximum Gasteiger partial charge on any atom is 0.339 e. The summed E-state index contributed by atoms with van der Waals surface area (Å²) >= 11 is 0. The number of hydrogen-bond donors (Lipinski definition) is 1. The van der Waals surface area contributed by atoms with E-state index in [0.29, 0.717) is 33.6 Å². The van der Waals surface area contributed by atoms with Gasteiger partial charge in [-0.25, -0.2) is 9.78 Å². The molecule has 0 aliphatic carbocycles. The van der Waals surface area contributed by atoms with E-state index in [-0.39, 0.29) is 6.61 Å². The standard InChI is InChI=1S/C23H18N2O4/c1-15-11-12-21(29-15)20-13-18(17-9-5-6-10-19(17)25-20)23(27)28-14-22(26)24-16-7-3-2-4-8-16/h2-13H,14H2,1H3,(H,24,26). The predicted octanol–water partition coefficient (Wildman–Crippen LogP) is 4.60. The molecule has 0 fully saturated rings. The molecule has 0 saturated heterocycles. The molecule has 0 saturated carbocycles. The molecule has 6 nitrogen and oxygen atoms in total. The third kappa shape index (κ3) is 4.16. The first kappa shape index (κ1) is 18.4. The van der Waals surface area contributed by atoms with Crippen LogP contribution in [0.2, 0.25) is 0 Å². The Bertz CT molecular complexity index is 1180. The minimum atomic E-state index is -0.601. The fraction of sp³-hybridized carbons (Fsp3) is 0.0870. The third-order valence-corrected chi connectivity index (χ3v) is 4.32. The summed E-state index contributed by atoms with van der Waals surface area (Å²) in [7, 11) is 0. The maximum atomic E-state index is 12.7. The number of aromatic nitrogens is 1. The van der Waals surface area contributed by atoms with Crippen LogP contribution in [0.15, 0.2) is 77.2 Å². The molecule has 4 rings (SSSR count). The molecule has 0 radical (unpaired) electrons. The lowest BCUT2D eigenvalue weighted by Gasteiger charge is -2.09. The van der Waals surface area contributed by atoms with Crippen molar-refractivity contribution in [2.75, 3.05) is 11.9 Å². The number of hydrogen-bond acceptors (Lipinski definition) is 5. The molecule has 0 unspecified atom stereocenters. The lowest BCUT2D eigenvalue weighted by Crippen LogP contribution is -2.21. The summed E-state index contributed by atoms with van der Waals surface area (Å²) in [5.41, 5.74) is 2.13. The summed E-state index contributed by atoms with van der Waals surface area (Å²) in [5, 5.41) is 3.33. The van der Waals surface area contributed by atoms with Gasteiger partial charge in [0.1, 0.15) is 11.5 Å². The van der Waals surface area contributed by atoms with E-state index in [0.717, 1.165) is 5.76 Å². The molecule has 0 atom stereocenters. The minimum Gasteiger partial charge on any atom is -0.460 e. The van der Waals surface area contributed by atoms with E-state index in [1.807, 2.05) is 49.4 Å². The van der Waals surface area contributed by atoms with E-state index in [9.17, 15) is 9.59 Å². The van der Waals surface area contributed by atoms with E-state index in [4.69, 9.17) is 9.15 Å². The first-order chi connectivity index (χ1) is 14.1. The zero-order valence-electron chi connectivity index (χ0n) is 15.7. The van der Waals surface area contributed by atoms with Crippen LogP contribution >= 0.6 is 0 Å². The normalized spacial score (nSPS) is 10.7. The number of fused-ring (bicyclic) bond motifs is 1. The quantitative estimate of drug-likeness (QED) is 0.507. The number of rotatable bonds is 5. The number of benzene rings is 2. The van der Waals surface area contributed by atoms with Crippen LogP contribution in [0.3, 0.4) is 0 Å². The first-order valence-electron chi connectivity index (χ1n) is 9.09. The lowest BCUT2D eigenvalue weighted by atomic mass is 10.1. The van der Waals surface area contributed by atoms with E-state index < -0.39 is 11.9 Å². The summed E-state index contributed by atoms with van der Waals surface area (Å²) in [6.07, 6.45) is 0. The number of carbonyl (C=O) groups excluding carboxylic acids is 2. The Hall–Kier alpha value is -3.93. The van der Waals surface area contributed by atoms with E-state index in [1.54, 1.807) is 30.3 Å². The van der Waals surface area contributed by atoms with Crippen LogP contribution in [0.1, 0.15) is 16.1 Å². The highest BCUT2D eigenvalue weighted by Crippen LogP contribution is 2.26. The van der Waals surface area contributed by atoms with Crippen molar-refractivity contribution in [1.29, 1.82) is 0 Å². The van der Waals surface area contributed by atoms with Crippen LogP contribution in [-0.2, 0) is 9.53 Å². The van der Waals surface area contributed by atoms with Gasteiger partial charge in [-0.2, -0.15) is 0 Å². The molecule has 0 aliphatic rings. The molecule has 2 heterocycles. The molecule has 1 amide bonds. The van der Waals surface area contributed by atoms with Crippen LogP contribution < -0.4 is 5.32 Å². The van der Waals surface area contributed by atoms with Crippen molar-refractivity contribution in [3.63, 3.8) is 0 Å². The molecule has 0 spiro atoms. The summed E-state index contributed by atoms with van der Waals surface area (Å²) in [6.45, 7) is 1.45. The summed E-state index contributed by atoms with van der Waals surface area (Å²) in [4.78, 5) is 29.4. The van der Waals surface area contributed by atoms with Crippen molar-refractivity contribution in [3.05, 3.63) is 84.1 Å². The van der Waals surface area contributed by atoms with Gasteiger partial charge in [0.05, 0.1) is 11.1 Å². The van der Waals surface area contributed by atoms with Crippen LogP contribution in [0.5, 0.6) is 0 Å². The molecular weight excluding hydrogens is 368 g/mol. The molecule has 0 aliphatic heterocycles. The molecule has 29 heavy (non-hydrogen) atoms. The van der Waals surface area contributed by atoms with Gasteiger partial charge in [-0.3, -0.25) is 4.79 Å². The fourth-order valence-corrected chi connectivity index (χ4v) is 2.97. The van der Waals surface area contributed by atoms with E-state index >= 15 is 0 Å². The Morgan fingerprint density at radius 1 is 1.00 bits per heavy atom. The van der Waals surface area contributed by atoms with Gasteiger partial charge in [0.25, 0.3) is 5.91 Å². The van der Waals surface area contributed by atoms with Crippen LogP contribution in [-0.4, -0.2) is 23.5 Å². The monoisotopic (exact) mass is 386 g/mol. The largest absolute Gasteiger partial charge is 0.460 e. The number of pyridine rings is 1. The number of carbonyl (C=O) groups is 2. The van der Waals surface area contributed by atoms with Gasteiger partial charge in [0.2, 0.25) is 0 Å². The zero-order valence-corrected chi connectivity index (χ0v) is 15.7. The van der Waals surface area contributed by atoms with Gasteiger partial charge in [0.15, 0.2) is 12.4 Å². The molecule has 2 aromatic heterocycles. The van der Waals surface area contributed by atoms with Gasteiger partial charge in [0, 0.05) is 11.1 Å². The number of ether oxygens (including phenoxy) is 1. The Kier molecular flexibility index (Phi) is 5.07. The van der Waals surface area contributed by atoms with Crippen LogP contribution in [0.4, 0.5) is 5.69 Å². The van der Waals surface area contributed by atoms with Gasteiger partial charge in [-0.15, -0.1) is 0 Å². The molecule has 6 heteroatoms. The van der Waals surface area contributed by atoms with Crippen LogP contribution in [0.25, 0.3) is 22.4 Å². The van der Waals surface area contributed by atoms with Crippen molar-refractivity contribution in [3.8, 4) is 11.5 Å². The van der Waals surface area contributed by atoms with Crippen molar-refractivity contribution in [2.45, 2.75) is 6.92 Å². The number of anilines is 1. The number of nitrogens with zero attached hydrogens (tertiary/aromatic N) is 1. The zero-order chi connectivity index (χ0) is 20.2. The summed E-state index contributed by atoms with van der Waals surface area (Å²) < 4.78 is 10.9. The van der Waals surface area contributed by atoms with Crippen molar-refractivity contribution < 1.29 is 18.7 Å². The second kappa shape index (κ2) is 7.98. The maximum absolute atomic E-state index is 12.7. The second-order valence-electron chi connectivity index (χ2n) is 6.47. The summed E-state index contributed by atoms with van der Waals surface area (Å²) in [6, 6.07) is 21.5. The van der Waals surface area contributed by atoms with E-state index in [1.165, 1.54) is 0 Å². The Labute approximate surface area is 167 Å². The lowest BCUT2D eigenvalue weighted by molar-refractivity contribution is -0.119. The van der Waals surface area contributed by atoms with Gasteiger partial charge < -0.3 is 14.5 Å². The molecule has 0 bridgehead atoms.